The molecule has 0 aliphatic heterocycles. The molecule has 140 valence electrons. The van der Waals surface area contributed by atoms with Gasteiger partial charge < -0.3 is 0 Å². The molecule has 1 atom stereocenters. The Labute approximate surface area is 161 Å². The third-order valence-corrected chi connectivity index (χ3v) is 5.36. The molecule has 27 heavy (non-hydrogen) atoms. The summed E-state index contributed by atoms with van der Waals surface area (Å²) in [4.78, 5) is 28.3. The van der Waals surface area contributed by atoms with E-state index in [1.807, 2.05) is 31.2 Å². The molecule has 0 radical (unpaired) electrons. The van der Waals surface area contributed by atoms with Gasteiger partial charge >= 0.3 is 0 Å². The van der Waals surface area contributed by atoms with Gasteiger partial charge in [-0.25, -0.2) is 4.98 Å². The van der Waals surface area contributed by atoms with Crippen LogP contribution in [0.1, 0.15) is 31.6 Å². The highest BCUT2D eigenvalue weighted by Crippen LogP contribution is 2.35. The maximum atomic E-state index is 13.0. The minimum Gasteiger partial charge on any atom is -0.287 e. The number of rotatable bonds is 6. The largest absolute Gasteiger partial charge is 0.287 e. The number of fused-ring (bicyclic) bond motifs is 1. The molecule has 0 bridgehead atoms. The monoisotopic (exact) mass is 383 g/mol. The van der Waals surface area contributed by atoms with Crippen LogP contribution in [0.25, 0.3) is 10.9 Å². The maximum absolute atomic E-state index is 13.0. The molecule has 1 heterocycles. The van der Waals surface area contributed by atoms with Crippen LogP contribution >= 0.6 is 11.8 Å². The number of thioether (sulfide) groups is 1. The van der Waals surface area contributed by atoms with Gasteiger partial charge in [0.05, 0.1) is 15.8 Å². The molecule has 0 fully saturated rings. The lowest BCUT2D eigenvalue weighted by atomic mass is 10.1. The van der Waals surface area contributed by atoms with Crippen molar-refractivity contribution in [1.29, 1.82) is 0 Å². The highest BCUT2D eigenvalue weighted by atomic mass is 32.2. The van der Waals surface area contributed by atoms with Crippen molar-refractivity contribution in [2.75, 3.05) is 0 Å². The van der Waals surface area contributed by atoms with Crippen molar-refractivity contribution in [3.05, 3.63) is 74.6 Å². The quantitative estimate of drug-likeness (QED) is 0.264. The molecule has 3 rings (SSSR count). The third-order valence-electron chi connectivity index (χ3n) is 4.21. The van der Waals surface area contributed by atoms with Crippen molar-refractivity contribution in [1.82, 2.24) is 9.55 Å². The fourth-order valence-corrected chi connectivity index (χ4v) is 3.92. The topological polar surface area (TPSA) is 78.0 Å². The van der Waals surface area contributed by atoms with Gasteiger partial charge in [0.15, 0.2) is 5.16 Å². The second-order valence-corrected chi connectivity index (χ2v) is 8.14. The van der Waals surface area contributed by atoms with Crippen LogP contribution in [0.5, 0.6) is 0 Å². The zero-order chi connectivity index (χ0) is 19.6. The Morgan fingerprint density at radius 1 is 1.15 bits per heavy atom. The zero-order valence-corrected chi connectivity index (χ0v) is 16.3. The molecule has 3 aromatic rings. The Bertz CT molecular complexity index is 1050. The Balaban J connectivity index is 2.03. The van der Waals surface area contributed by atoms with Crippen molar-refractivity contribution < 1.29 is 4.92 Å². The molecule has 6 nitrogen and oxygen atoms in total. The summed E-state index contributed by atoms with van der Waals surface area (Å²) >= 11 is 1.44. The number of aromatic nitrogens is 2. The summed E-state index contributed by atoms with van der Waals surface area (Å²) in [7, 11) is 0. The number of hydrogen-bond donors (Lipinski definition) is 0. The Kier molecular flexibility index (Phi) is 5.60. The molecular weight excluding hydrogens is 362 g/mol. The summed E-state index contributed by atoms with van der Waals surface area (Å²) in [5.74, 6) is 0.290. The predicted molar refractivity (Wildman–Crippen MR) is 108 cm³/mol. The van der Waals surface area contributed by atoms with Gasteiger partial charge in [-0.05, 0) is 30.5 Å². The maximum Gasteiger partial charge on any atom is 0.269 e. The Morgan fingerprint density at radius 3 is 2.59 bits per heavy atom. The Morgan fingerprint density at radius 2 is 1.89 bits per heavy atom. The minimum atomic E-state index is -0.399. The van der Waals surface area contributed by atoms with E-state index >= 15 is 0 Å². The number of non-ortho nitro benzene ring substituents is 1. The van der Waals surface area contributed by atoms with Gasteiger partial charge in [-0.1, -0.05) is 49.9 Å². The number of hydrogen-bond acceptors (Lipinski definition) is 5. The molecule has 0 aliphatic carbocycles. The van der Waals surface area contributed by atoms with E-state index in [-0.39, 0.29) is 22.4 Å². The molecule has 2 aromatic carbocycles. The average molecular weight is 383 g/mol. The summed E-state index contributed by atoms with van der Waals surface area (Å²) in [5.41, 5.74) is 1.50. The van der Waals surface area contributed by atoms with Crippen molar-refractivity contribution in [3.63, 3.8) is 0 Å². The van der Waals surface area contributed by atoms with E-state index in [0.29, 0.717) is 22.6 Å². The van der Waals surface area contributed by atoms with Crippen LogP contribution in [-0.2, 0) is 6.54 Å². The number of para-hydroxylation sites is 1. The zero-order valence-electron chi connectivity index (χ0n) is 15.5. The highest BCUT2D eigenvalue weighted by molar-refractivity contribution is 7.99. The third kappa shape index (κ3) is 4.19. The van der Waals surface area contributed by atoms with Crippen LogP contribution in [0.4, 0.5) is 5.69 Å². The van der Waals surface area contributed by atoms with Gasteiger partial charge in [-0.2, -0.15) is 0 Å². The van der Waals surface area contributed by atoms with Crippen LogP contribution < -0.4 is 5.56 Å². The standard InChI is InChI=1S/C20H21N3O3S/c1-13(2)12-22-19(24)17-9-4-5-10-18(17)21-20(22)27-14(3)15-7-6-8-16(11-15)23(25)26/h4-11,13-14H,12H2,1-3H3/t14-/m1/s1. The number of nitro groups is 1. The lowest BCUT2D eigenvalue weighted by molar-refractivity contribution is -0.384. The first-order valence-electron chi connectivity index (χ1n) is 8.77. The van der Waals surface area contributed by atoms with E-state index in [1.54, 1.807) is 22.8 Å². The molecule has 0 amide bonds. The van der Waals surface area contributed by atoms with E-state index in [4.69, 9.17) is 4.98 Å². The fraction of sp³-hybridized carbons (Fsp3) is 0.300. The number of benzene rings is 2. The van der Waals surface area contributed by atoms with Gasteiger partial charge in [-0.15, -0.1) is 0 Å². The molecule has 0 aliphatic rings. The van der Waals surface area contributed by atoms with Crippen molar-refractivity contribution in [3.8, 4) is 0 Å². The first kappa shape index (κ1) is 19.1. The number of nitrogens with zero attached hydrogens (tertiary/aromatic N) is 3. The molecule has 0 spiro atoms. The first-order chi connectivity index (χ1) is 12.9. The van der Waals surface area contributed by atoms with Crippen molar-refractivity contribution >= 4 is 28.4 Å². The second-order valence-electron chi connectivity index (χ2n) is 6.83. The van der Waals surface area contributed by atoms with Gasteiger partial charge in [-0.3, -0.25) is 19.5 Å². The SMILES string of the molecule is CC(C)Cn1c(S[C@H](C)c2cccc([N+](=O)[O-])c2)nc2ccccc2c1=O. The molecule has 0 saturated carbocycles. The summed E-state index contributed by atoms with van der Waals surface area (Å²) in [6.07, 6.45) is 0. The van der Waals surface area contributed by atoms with Crippen LogP contribution in [0.2, 0.25) is 0 Å². The minimum absolute atomic E-state index is 0.0527. The molecule has 7 heteroatoms. The van der Waals surface area contributed by atoms with Crippen molar-refractivity contribution in [2.45, 2.75) is 37.7 Å². The molecule has 0 saturated heterocycles. The molecule has 0 unspecified atom stereocenters. The van der Waals surface area contributed by atoms with Gasteiger partial charge in [0, 0.05) is 23.9 Å². The summed E-state index contributed by atoms with van der Waals surface area (Å²) < 4.78 is 1.71. The van der Waals surface area contributed by atoms with Crippen LogP contribution in [0, 0.1) is 16.0 Å². The predicted octanol–water partition coefficient (Wildman–Crippen LogP) is 4.81. The van der Waals surface area contributed by atoms with Crippen LogP contribution in [-0.4, -0.2) is 14.5 Å². The summed E-state index contributed by atoms with van der Waals surface area (Å²) in [5, 5.41) is 12.2. The van der Waals surface area contributed by atoms with E-state index in [9.17, 15) is 14.9 Å². The van der Waals surface area contributed by atoms with Crippen LogP contribution in [0.15, 0.2) is 58.5 Å². The van der Waals surface area contributed by atoms with Crippen molar-refractivity contribution in [2.24, 2.45) is 5.92 Å². The smallest absolute Gasteiger partial charge is 0.269 e. The van der Waals surface area contributed by atoms with E-state index < -0.39 is 4.92 Å². The average Bonchev–Trinajstić information content (AvgIpc) is 2.64. The van der Waals surface area contributed by atoms with Gasteiger partial charge in [0.25, 0.3) is 11.2 Å². The van der Waals surface area contributed by atoms with E-state index in [0.717, 1.165) is 5.56 Å². The fourth-order valence-electron chi connectivity index (χ4n) is 2.88. The lowest BCUT2D eigenvalue weighted by Crippen LogP contribution is -2.25. The van der Waals surface area contributed by atoms with E-state index in [1.165, 1.54) is 17.8 Å². The summed E-state index contributed by atoms with van der Waals surface area (Å²) in [6, 6.07) is 13.9. The molecular formula is C20H21N3O3S. The van der Waals surface area contributed by atoms with Crippen LogP contribution in [0.3, 0.4) is 0 Å². The van der Waals surface area contributed by atoms with Gasteiger partial charge in [0.2, 0.25) is 0 Å². The molecule has 1 aromatic heterocycles. The first-order valence-corrected chi connectivity index (χ1v) is 9.65. The molecule has 0 N–H and O–H groups in total. The van der Waals surface area contributed by atoms with E-state index in [2.05, 4.69) is 13.8 Å². The number of nitro benzene ring substituents is 1. The second kappa shape index (κ2) is 7.92. The van der Waals surface area contributed by atoms with Gasteiger partial charge in [0.1, 0.15) is 0 Å². The summed E-state index contributed by atoms with van der Waals surface area (Å²) in [6.45, 7) is 6.64. The highest BCUT2D eigenvalue weighted by Gasteiger charge is 2.18. The Hall–Kier alpha value is -2.67. The normalized spacial score (nSPS) is 12.4. The lowest BCUT2D eigenvalue weighted by Gasteiger charge is -2.18.